The molecule has 1 saturated carbocycles. The summed E-state index contributed by atoms with van der Waals surface area (Å²) in [6.45, 7) is 4.23. The zero-order valence-electron chi connectivity index (χ0n) is 9.74. The first kappa shape index (κ1) is 10.8. The fourth-order valence-corrected chi connectivity index (χ4v) is 3.39. The van der Waals surface area contributed by atoms with Crippen LogP contribution >= 0.6 is 11.3 Å². The summed E-state index contributed by atoms with van der Waals surface area (Å²) in [5, 5.41) is 3.63. The van der Waals surface area contributed by atoms with E-state index in [0.717, 1.165) is 19.2 Å². The summed E-state index contributed by atoms with van der Waals surface area (Å²) in [5.41, 5.74) is 0. The van der Waals surface area contributed by atoms with E-state index in [1.54, 1.807) is 0 Å². The summed E-state index contributed by atoms with van der Waals surface area (Å²) in [5.74, 6) is 0.679. The lowest BCUT2D eigenvalue weighted by atomic mass is 10.0. The number of aryl methyl sites for hydroxylation is 1. The van der Waals surface area contributed by atoms with Crippen LogP contribution in [-0.2, 0) is 4.74 Å². The topological polar surface area (TPSA) is 21.3 Å². The Bertz CT molecular complexity index is 359. The lowest BCUT2D eigenvalue weighted by Crippen LogP contribution is -2.26. The van der Waals surface area contributed by atoms with Gasteiger partial charge in [-0.05, 0) is 38.3 Å². The number of rotatable bonds is 4. The van der Waals surface area contributed by atoms with Gasteiger partial charge in [0, 0.05) is 34.9 Å². The van der Waals surface area contributed by atoms with Gasteiger partial charge >= 0.3 is 0 Å². The first-order chi connectivity index (χ1) is 7.83. The summed E-state index contributed by atoms with van der Waals surface area (Å²) in [4.78, 5) is 2.80. The van der Waals surface area contributed by atoms with Crippen molar-refractivity contribution in [2.45, 2.75) is 38.3 Å². The quantitative estimate of drug-likeness (QED) is 0.869. The minimum atomic E-state index is 0.352. The molecule has 0 bridgehead atoms. The summed E-state index contributed by atoms with van der Waals surface area (Å²) >= 11 is 1.89. The molecule has 2 fully saturated rings. The average molecular weight is 237 g/mol. The molecule has 1 aromatic heterocycles. The maximum absolute atomic E-state index is 5.89. The molecule has 0 radical (unpaired) electrons. The summed E-state index contributed by atoms with van der Waals surface area (Å²) in [6.07, 6.45) is 4.30. The highest BCUT2D eigenvalue weighted by Crippen LogP contribution is 2.37. The third kappa shape index (κ3) is 2.31. The van der Waals surface area contributed by atoms with Crippen molar-refractivity contribution in [3.63, 3.8) is 0 Å². The standard InChI is InChI=1S/C13H19NOS/c1-9-2-5-12(16-9)13-10(6-7-15-13)8-14-11-3-4-11/h2,5,10-11,13-14H,3-4,6-8H2,1H3. The maximum atomic E-state index is 5.89. The van der Waals surface area contributed by atoms with Gasteiger partial charge in [-0.1, -0.05) is 0 Å². The lowest BCUT2D eigenvalue weighted by Gasteiger charge is -2.17. The molecule has 2 aliphatic rings. The lowest BCUT2D eigenvalue weighted by molar-refractivity contribution is 0.0933. The van der Waals surface area contributed by atoms with Gasteiger partial charge in [0.05, 0.1) is 6.10 Å². The van der Waals surface area contributed by atoms with E-state index in [9.17, 15) is 0 Å². The second-order valence-corrected chi connectivity index (χ2v) is 6.29. The van der Waals surface area contributed by atoms with Crippen molar-refractivity contribution in [2.24, 2.45) is 5.92 Å². The molecule has 0 spiro atoms. The molecule has 0 aromatic carbocycles. The predicted molar refractivity (Wildman–Crippen MR) is 66.9 cm³/mol. The van der Waals surface area contributed by atoms with E-state index in [0.29, 0.717) is 12.0 Å². The first-order valence-electron chi connectivity index (χ1n) is 6.24. The van der Waals surface area contributed by atoms with E-state index in [-0.39, 0.29) is 0 Å². The molecule has 2 nitrogen and oxygen atoms in total. The minimum absolute atomic E-state index is 0.352. The molecule has 2 heterocycles. The van der Waals surface area contributed by atoms with Crippen molar-refractivity contribution in [3.05, 3.63) is 21.9 Å². The third-order valence-electron chi connectivity index (χ3n) is 3.50. The van der Waals surface area contributed by atoms with Crippen LogP contribution < -0.4 is 5.32 Å². The van der Waals surface area contributed by atoms with E-state index in [1.807, 2.05) is 11.3 Å². The predicted octanol–water partition coefficient (Wildman–Crippen LogP) is 2.89. The number of hydrogen-bond donors (Lipinski definition) is 1. The van der Waals surface area contributed by atoms with Crippen LogP contribution in [0.4, 0.5) is 0 Å². The van der Waals surface area contributed by atoms with Gasteiger partial charge < -0.3 is 10.1 Å². The normalized spacial score (nSPS) is 29.8. The summed E-state index contributed by atoms with van der Waals surface area (Å²) in [6, 6.07) is 5.25. The zero-order valence-corrected chi connectivity index (χ0v) is 10.6. The molecule has 3 heteroatoms. The zero-order chi connectivity index (χ0) is 11.0. The number of hydrogen-bond acceptors (Lipinski definition) is 3. The molecule has 1 aliphatic heterocycles. The molecule has 1 aliphatic carbocycles. The molecule has 1 aromatic rings. The van der Waals surface area contributed by atoms with Crippen molar-refractivity contribution in [1.82, 2.24) is 5.32 Å². The third-order valence-corrected chi connectivity index (χ3v) is 4.56. The van der Waals surface area contributed by atoms with Crippen LogP contribution in [0.1, 0.15) is 35.1 Å². The SMILES string of the molecule is Cc1ccc(C2OCCC2CNC2CC2)s1. The molecule has 1 saturated heterocycles. The minimum Gasteiger partial charge on any atom is -0.372 e. The van der Waals surface area contributed by atoms with Crippen molar-refractivity contribution in [1.29, 1.82) is 0 Å². The second-order valence-electron chi connectivity index (χ2n) is 4.97. The number of thiophene rings is 1. The second kappa shape index (κ2) is 4.47. The Morgan fingerprint density at radius 1 is 1.38 bits per heavy atom. The van der Waals surface area contributed by atoms with E-state index in [1.165, 1.54) is 29.0 Å². The van der Waals surface area contributed by atoms with E-state index in [4.69, 9.17) is 4.74 Å². The van der Waals surface area contributed by atoms with Gasteiger partial charge in [0.1, 0.15) is 0 Å². The number of nitrogens with one attached hydrogen (secondary N) is 1. The van der Waals surface area contributed by atoms with Crippen LogP contribution in [0.25, 0.3) is 0 Å². The summed E-state index contributed by atoms with van der Waals surface area (Å²) < 4.78 is 5.89. The average Bonchev–Trinajstić information content (AvgIpc) is 2.82. The first-order valence-corrected chi connectivity index (χ1v) is 7.06. The fourth-order valence-electron chi connectivity index (χ4n) is 2.37. The summed E-state index contributed by atoms with van der Waals surface area (Å²) in [7, 11) is 0. The molecule has 3 rings (SSSR count). The fraction of sp³-hybridized carbons (Fsp3) is 0.692. The molecule has 2 unspecified atom stereocenters. The van der Waals surface area contributed by atoms with Crippen molar-refractivity contribution in [3.8, 4) is 0 Å². The van der Waals surface area contributed by atoms with Crippen LogP contribution in [0.3, 0.4) is 0 Å². The highest BCUT2D eigenvalue weighted by molar-refractivity contribution is 7.12. The van der Waals surface area contributed by atoms with Gasteiger partial charge in [0.25, 0.3) is 0 Å². The molecule has 0 amide bonds. The highest BCUT2D eigenvalue weighted by Gasteiger charge is 2.32. The highest BCUT2D eigenvalue weighted by atomic mass is 32.1. The van der Waals surface area contributed by atoms with Crippen LogP contribution in [0.15, 0.2) is 12.1 Å². The van der Waals surface area contributed by atoms with Gasteiger partial charge in [-0.25, -0.2) is 0 Å². The smallest absolute Gasteiger partial charge is 0.0957 e. The number of ether oxygens (including phenoxy) is 1. The van der Waals surface area contributed by atoms with E-state index in [2.05, 4.69) is 24.4 Å². The Labute approximate surface area is 101 Å². The van der Waals surface area contributed by atoms with Gasteiger partial charge in [0.15, 0.2) is 0 Å². The largest absolute Gasteiger partial charge is 0.372 e. The van der Waals surface area contributed by atoms with E-state index >= 15 is 0 Å². The Balaban J connectivity index is 1.63. The molecular weight excluding hydrogens is 218 g/mol. The molecule has 1 N–H and O–H groups in total. The van der Waals surface area contributed by atoms with Crippen LogP contribution in [0.2, 0.25) is 0 Å². The van der Waals surface area contributed by atoms with Crippen LogP contribution in [0.5, 0.6) is 0 Å². The Morgan fingerprint density at radius 2 is 2.25 bits per heavy atom. The van der Waals surface area contributed by atoms with Crippen LogP contribution in [-0.4, -0.2) is 19.2 Å². The molecule has 2 atom stereocenters. The van der Waals surface area contributed by atoms with Crippen molar-refractivity contribution >= 4 is 11.3 Å². The Kier molecular flexibility index (Phi) is 3.01. The van der Waals surface area contributed by atoms with Crippen molar-refractivity contribution in [2.75, 3.05) is 13.2 Å². The monoisotopic (exact) mass is 237 g/mol. The molecule has 16 heavy (non-hydrogen) atoms. The van der Waals surface area contributed by atoms with Gasteiger partial charge in [-0.3, -0.25) is 0 Å². The van der Waals surface area contributed by atoms with E-state index < -0.39 is 0 Å². The van der Waals surface area contributed by atoms with Crippen LogP contribution in [0, 0.1) is 12.8 Å². The molecular formula is C13H19NOS. The van der Waals surface area contributed by atoms with Crippen molar-refractivity contribution < 1.29 is 4.74 Å². The van der Waals surface area contributed by atoms with Gasteiger partial charge in [0.2, 0.25) is 0 Å². The Morgan fingerprint density at radius 3 is 2.94 bits per heavy atom. The van der Waals surface area contributed by atoms with Gasteiger partial charge in [-0.2, -0.15) is 0 Å². The van der Waals surface area contributed by atoms with Gasteiger partial charge in [-0.15, -0.1) is 11.3 Å². The molecule has 88 valence electrons. The maximum Gasteiger partial charge on any atom is 0.0957 e. The Hall–Kier alpha value is -0.380.